The molecule has 0 saturated heterocycles. The maximum atomic E-state index is 14.5. The van der Waals surface area contributed by atoms with Crippen molar-refractivity contribution in [2.45, 2.75) is 51.0 Å². The Morgan fingerprint density at radius 3 is 2.18 bits per heavy atom. The number of nitrogens with one attached hydrogen (secondary N) is 2. The third-order valence-electron chi connectivity index (χ3n) is 7.10. The van der Waals surface area contributed by atoms with Crippen molar-refractivity contribution < 1.29 is 37.7 Å². The van der Waals surface area contributed by atoms with Crippen LogP contribution in [0.1, 0.15) is 65.7 Å². The number of halogens is 2. The summed E-state index contributed by atoms with van der Waals surface area (Å²) >= 11 is 0. The largest absolute Gasteiger partial charge is 0.490 e. The highest BCUT2D eigenvalue weighted by Crippen LogP contribution is 2.29. The zero-order valence-electron chi connectivity index (χ0n) is 21.0. The van der Waals surface area contributed by atoms with E-state index in [1.54, 1.807) is 0 Å². The number of aliphatic carboxylic acids is 1. The number of carbonyl (C=O) groups is 3. The van der Waals surface area contributed by atoms with Gasteiger partial charge in [-0.1, -0.05) is 6.42 Å². The molecule has 0 bridgehead atoms. The SMILES string of the molecule is O=C(NCCNC(=O)c1ccc(OC2CCC(C(=O)O)CC2)cc1F)c1ccc(OCC2CCC2)c(F)c1. The molecule has 0 radical (unpaired) electrons. The van der Waals surface area contributed by atoms with E-state index in [2.05, 4.69) is 10.6 Å². The van der Waals surface area contributed by atoms with E-state index >= 15 is 0 Å². The predicted molar refractivity (Wildman–Crippen MR) is 134 cm³/mol. The van der Waals surface area contributed by atoms with Gasteiger partial charge >= 0.3 is 5.97 Å². The highest BCUT2D eigenvalue weighted by Gasteiger charge is 2.27. The molecule has 2 aliphatic rings. The number of amides is 2. The number of rotatable bonds is 11. The third-order valence-corrected chi connectivity index (χ3v) is 7.10. The molecule has 2 aromatic carbocycles. The van der Waals surface area contributed by atoms with Crippen LogP contribution in [0.4, 0.5) is 8.78 Å². The van der Waals surface area contributed by atoms with Gasteiger partial charge in [0.15, 0.2) is 11.6 Å². The Bertz CT molecular complexity index is 1160. The number of hydrogen-bond acceptors (Lipinski definition) is 5. The number of carboxylic acids is 1. The second-order valence-electron chi connectivity index (χ2n) is 9.84. The molecule has 8 nitrogen and oxygen atoms in total. The van der Waals surface area contributed by atoms with E-state index in [0.717, 1.165) is 25.0 Å². The van der Waals surface area contributed by atoms with Gasteiger partial charge in [-0.3, -0.25) is 14.4 Å². The van der Waals surface area contributed by atoms with Gasteiger partial charge in [0.25, 0.3) is 11.8 Å². The van der Waals surface area contributed by atoms with Crippen molar-refractivity contribution in [1.29, 1.82) is 0 Å². The van der Waals surface area contributed by atoms with Gasteiger partial charge in [-0.05, 0) is 74.8 Å². The Hall–Kier alpha value is -3.69. The zero-order valence-corrected chi connectivity index (χ0v) is 21.0. The standard InChI is InChI=1S/C28H32F2N2O6/c29-23-15-21(38-20-7-4-18(5-8-20)28(35)36)9-10-22(23)27(34)32-13-12-31-26(33)19-6-11-25(24(30)14-19)37-16-17-2-1-3-17/h6,9-11,14-15,17-18,20H,1-5,7-8,12-13,16H2,(H,31,33)(H,32,34)(H,35,36). The van der Waals surface area contributed by atoms with Gasteiger partial charge in [-0.25, -0.2) is 8.78 Å². The van der Waals surface area contributed by atoms with Gasteiger partial charge in [0.2, 0.25) is 0 Å². The third kappa shape index (κ3) is 7.20. The summed E-state index contributed by atoms with van der Waals surface area (Å²) in [7, 11) is 0. The molecule has 2 aromatic rings. The van der Waals surface area contributed by atoms with Crippen molar-refractivity contribution in [3.8, 4) is 11.5 Å². The van der Waals surface area contributed by atoms with E-state index in [9.17, 15) is 23.2 Å². The van der Waals surface area contributed by atoms with Gasteiger partial charge in [0.05, 0.1) is 24.2 Å². The minimum Gasteiger partial charge on any atom is -0.490 e. The summed E-state index contributed by atoms with van der Waals surface area (Å²) in [5, 5.41) is 14.2. The molecule has 0 aliphatic heterocycles. The van der Waals surface area contributed by atoms with Crippen LogP contribution in [0.15, 0.2) is 36.4 Å². The fraction of sp³-hybridized carbons (Fsp3) is 0.464. The quantitative estimate of drug-likeness (QED) is 0.373. The molecule has 10 heteroatoms. The maximum Gasteiger partial charge on any atom is 0.306 e. The van der Waals surface area contributed by atoms with Crippen LogP contribution in [-0.4, -0.2) is 48.7 Å². The summed E-state index contributed by atoms with van der Waals surface area (Å²) < 4.78 is 40.1. The second kappa shape index (κ2) is 12.7. The van der Waals surface area contributed by atoms with E-state index < -0.39 is 29.4 Å². The Morgan fingerprint density at radius 1 is 0.868 bits per heavy atom. The molecule has 0 heterocycles. The minimum atomic E-state index is -0.809. The Kier molecular flexibility index (Phi) is 9.15. The van der Waals surface area contributed by atoms with Crippen LogP contribution < -0.4 is 20.1 Å². The minimum absolute atomic E-state index is 0.0418. The first kappa shape index (κ1) is 27.3. The van der Waals surface area contributed by atoms with Crippen LogP contribution in [-0.2, 0) is 4.79 Å². The zero-order chi connectivity index (χ0) is 27.1. The molecular weight excluding hydrogens is 498 g/mol. The lowest BCUT2D eigenvalue weighted by Gasteiger charge is -2.26. The molecule has 38 heavy (non-hydrogen) atoms. The first-order valence-corrected chi connectivity index (χ1v) is 13.0. The van der Waals surface area contributed by atoms with E-state index in [4.69, 9.17) is 14.6 Å². The fourth-order valence-electron chi connectivity index (χ4n) is 4.55. The Morgan fingerprint density at radius 2 is 1.58 bits per heavy atom. The van der Waals surface area contributed by atoms with Crippen molar-refractivity contribution in [1.82, 2.24) is 10.6 Å². The Labute approximate surface area is 219 Å². The molecule has 2 saturated carbocycles. The van der Waals surface area contributed by atoms with Gasteiger partial charge in [-0.15, -0.1) is 0 Å². The monoisotopic (exact) mass is 530 g/mol. The van der Waals surface area contributed by atoms with Crippen LogP contribution in [0.2, 0.25) is 0 Å². The van der Waals surface area contributed by atoms with E-state index in [-0.39, 0.29) is 47.7 Å². The van der Waals surface area contributed by atoms with Crippen molar-refractivity contribution >= 4 is 17.8 Å². The van der Waals surface area contributed by atoms with Crippen molar-refractivity contribution in [2.75, 3.05) is 19.7 Å². The molecule has 204 valence electrons. The van der Waals surface area contributed by atoms with Crippen LogP contribution in [0, 0.1) is 23.5 Å². The molecule has 2 fully saturated rings. The van der Waals surface area contributed by atoms with E-state index in [1.165, 1.54) is 30.7 Å². The average Bonchev–Trinajstić information content (AvgIpc) is 2.86. The van der Waals surface area contributed by atoms with E-state index in [1.807, 2.05) is 0 Å². The average molecular weight is 531 g/mol. The summed E-state index contributed by atoms with van der Waals surface area (Å²) in [6.07, 6.45) is 5.30. The van der Waals surface area contributed by atoms with Crippen molar-refractivity contribution in [2.24, 2.45) is 11.8 Å². The molecule has 2 aliphatic carbocycles. The van der Waals surface area contributed by atoms with Crippen LogP contribution in [0.25, 0.3) is 0 Å². The Balaban J connectivity index is 1.19. The molecule has 0 aromatic heterocycles. The van der Waals surface area contributed by atoms with Gasteiger partial charge in [0, 0.05) is 24.7 Å². The number of hydrogen-bond donors (Lipinski definition) is 3. The van der Waals surface area contributed by atoms with Crippen molar-refractivity contribution in [3.05, 3.63) is 59.2 Å². The summed E-state index contributed by atoms with van der Waals surface area (Å²) in [5.41, 5.74) is -0.0410. The topological polar surface area (TPSA) is 114 Å². The number of carbonyl (C=O) groups excluding carboxylic acids is 2. The lowest BCUT2D eigenvalue weighted by Crippen LogP contribution is -2.35. The van der Waals surface area contributed by atoms with E-state index in [0.29, 0.717) is 38.2 Å². The first-order chi connectivity index (χ1) is 18.3. The molecule has 4 rings (SSSR count). The lowest BCUT2D eigenvalue weighted by molar-refractivity contribution is -0.143. The maximum absolute atomic E-state index is 14.5. The molecule has 0 atom stereocenters. The summed E-state index contributed by atoms with van der Waals surface area (Å²) in [6.45, 7) is 0.572. The van der Waals surface area contributed by atoms with Gasteiger partial charge in [0.1, 0.15) is 11.6 Å². The molecule has 3 N–H and O–H groups in total. The molecule has 2 amide bonds. The molecular formula is C28H32F2N2O6. The first-order valence-electron chi connectivity index (χ1n) is 13.0. The van der Waals surface area contributed by atoms with Crippen molar-refractivity contribution in [3.63, 3.8) is 0 Å². The highest BCUT2D eigenvalue weighted by atomic mass is 19.1. The number of benzene rings is 2. The smallest absolute Gasteiger partial charge is 0.306 e. The van der Waals surface area contributed by atoms with Gasteiger partial charge < -0.3 is 25.2 Å². The summed E-state index contributed by atoms with van der Waals surface area (Å²) in [4.78, 5) is 35.8. The number of carboxylic acid groups (broad SMARTS) is 1. The summed E-state index contributed by atoms with van der Waals surface area (Å²) in [5.74, 6) is -2.84. The lowest BCUT2D eigenvalue weighted by atomic mass is 9.86. The molecule has 0 spiro atoms. The normalized spacial score (nSPS) is 19.2. The molecule has 0 unspecified atom stereocenters. The van der Waals surface area contributed by atoms with Crippen LogP contribution in [0.5, 0.6) is 11.5 Å². The highest BCUT2D eigenvalue weighted by molar-refractivity contribution is 5.95. The second-order valence-corrected chi connectivity index (χ2v) is 9.84. The predicted octanol–water partition coefficient (Wildman–Crippen LogP) is 4.33. The number of ether oxygens (including phenoxy) is 2. The summed E-state index contributed by atoms with van der Waals surface area (Å²) in [6, 6.07) is 7.97. The van der Waals surface area contributed by atoms with Crippen LogP contribution in [0.3, 0.4) is 0 Å². The van der Waals surface area contributed by atoms with Crippen LogP contribution >= 0.6 is 0 Å². The van der Waals surface area contributed by atoms with Gasteiger partial charge in [-0.2, -0.15) is 0 Å². The fourth-order valence-corrected chi connectivity index (χ4v) is 4.55.